The van der Waals surface area contributed by atoms with E-state index in [1.165, 1.54) is 5.56 Å². The molecule has 0 saturated heterocycles. The van der Waals surface area contributed by atoms with E-state index >= 15 is 0 Å². The maximum absolute atomic E-state index is 12.5. The van der Waals surface area contributed by atoms with Crippen LogP contribution in [0.1, 0.15) is 18.4 Å². The fourth-order valence-electron chi connectivity index (χ4n) is 2.84. The Morgan fingerprint density at radius 1 is 1.00 bits per heavy atom. The molecule has 1 aliphatic carbocycles. The van der Waals surface area contributed by atoms with Crippen LogP contribution >= 0.6 is 0 Å². The number of amides is 1. The van der Waals surface area contributed by atoms with Crippen LogP contribution in [-0.2, 0) is 11.3 Å². The normalized spacial score (nSPS) is 19.4. The highest BCUT2D eigenvalue weighted by molar-refractivity contribution is 6.05. The van der Waals surface area contributed by atoms with Crippen molar-refractivity contribution in [2.45, 2.75) is 25.4 Å². The molecule has 1 fully saturated rings. The highest BCUT2D eigenvalue weighted by Gasteiger charge is 2.32. The molecule has 4 rings (SSSR count). The van der Waals surface area contributed by atoms with Gasteiger partial charge in [-0.1, -0.05) is 54.3 Å². The third kappa shape index (κ3) is 2.93. The van der Waals surface area contributed by atoms with Gasteiger partial charge >= 0.3 is 0 Å². The van der Waals surface area contributed by atoms with Crippen molar-refractivity contribution in [3.05, 3.63) is 60.2 Å². The van der Waals surface area contributed by atoms with Crippen LogP contribution in [-0.4, -0.2) is 11.9 Å². The first kappa shape index (κ1) is 13.9. The van der Waals surface area contributed by atoms with Crippen molar-refractivity contribution in [1.29, 1.82) is 0 Å². The lowest BCUT2D eigenvalue weighted by Gasteiger charge is -2.35. The highest BCUT2D eigenvalue weighted by Crippen LogP contribution is 2.33. The van der Waals surface area contributed by atoms with E-state index in [0.29, 0.717) is 12.5 Å². The molecule has 1 atom stereocenters. The minimum atomic E-state index is -0.425. The third-order valence-electron chi connectivity index (χ3n) is 4.23. The van der Waals surface area contributed by atoms with Crippen LogP contribution in [0.3, 0.4) is 0 Å². The quantitative estimate of drug-likeness (QED) is 0.862. The molecule has 1 aliphatic heterocycles. The first-order chi connectivity index (χ1) is 11.3. The predicted octanol–water partition coefficient (Wildman–Crippen LogP) is 3.43. The Balaban J connectivity index is 1.72. The van der Waals surface area contributed by atoms with Crippen LogP contribution in [0.2, 0.25) is 0 Å². The van der Waals surface area contributed by atoms with Gasteiger partial charge in [0.25, 0.3) is 5.91 Å². The summed E-state index contributed by atoms with van der Waals surface area (Å²) in [5, 5.41) is 2.99. The number of carbonyl (C=O) groups is 1. The molecule has 1 N–H and O–H groups in total. The van der Waals surface area contributed by atoms with E-state index in [4.69, 9.17) is 0 Å². The van der Waals surface area contributed by atoms with E-state index in [1.807, 2.05) is 42.5 Å². The minimum Gasteiger partial charge on any atom is -0.344 e. The second-order valence-corrected chi connectivity index (χ2v) is 6.09. The maximum atomic E-state index is 12.5. The van der Waals surface area contributed by atoms with Crippen molar-refractivity contribution in [3.63, 3.8) is 0 Å². The Morgan fingerprint density at radius 3 is 2.52 bits per heavy atom. The number of fused-ring (bicyclic) bond motifs is 1. The van der Waals surface area contributed by atoms with E-state index in [1.54, 1.807) is 0 Å². The smallest absolute Gasteiger partial charge is 0.259 e. The number of carbonyl (C=O) groups excluding carboxylic acids is 1. The molecule has 1 heterocycles. The summed E-state index contributed by atoms with van der Waals surface area (Å²) in [6, 6.07) is 17.7. The van der Waals surface area contributed by atoms with Crippen molar-refractivity contribution in [1.82, 2.24) is 0 Å². The lowest BCUT2D eigenvalue weighted by Crippen LogP contribution is -2.46. The molecule has 2 aromatic carbocycles. The molecule has 0 aromatic heterocycles. The molecular formula is C20H18N2O. The van der Waals surface area contributed by atoms with Gasteiger partial charge in [0.15, 0.2) is 6.04 Å². The maximum Gasteiger partial charge on any atom is 0.259 e. The summed E-state index contributed by atoms with van der Waals surface area (Å²) in [5.41, 5.74) is 3.07. The number of para-hydroxylation sites is 2. The molecule has 3 nitrogen and oxygen atoms in total. The fourth-order valence-corrected chi connectivity index (χ4v) is 2.84. The number of benzene rings is 2. The molecule has 23 heavy (non-hydrogen) atoms. The second-order valence-electron chi connectivity index (χ2n) is 6.09. The zero-order valence-corrected chi connectivity index (χ0v) is 12.8. The van der Waals surface area contributed by atoms with Gasteiger partial charge in [0.05, 0.1) is 11.4 Å². The Bertz CT molecular complexity index is 784. The molecular weight excluding hydrogens is 284 g/mol. The van der Waals surface area contributed by atoms with E-state index < -0.39 is 6.04 Å². The van der Waals surface area contributed by atoms with Crippen LogP contribution in [0.4, 0.5) is 11.4 Å². The molecule has 2 aliphatic rings. The van der Waals surface area contributed by atoms with Crippen molar-refractivity contribution in [2.75, 3.05) is 10.2 Å². The van der Waals surface area contributed by atoms with E-state index in [9.17, 15) is 4.79 Å². The zero-order chi connectivity index (χ0) is 15.6. The number of anilines is 2. The van der Waals surface area contributed by atoms with Crippen LogP contribution in [0.15, 0.2) is 54.6 Å². The van der Waals surface area contributed by atoms with Gasteiger partial charge in [-0.25, -0.2) is 0 Å². The third-order valence-corrected chi connectivity index (χ3v) is 4.23. The lowest BCUT2D eigenvalue weighted by atomic mass is 10.1. The molecule has 0 bridgehead atoms. The van der Waals surface area contributed by atoms with Gasteiger partial charge < -0.3 is 10.2 Å². The molecule has 1 saturated carbocycles. The van der Waals surface area contributed by atoms with Crippen molar-refractivity contribution < 1.29 is 4.79 Å². The number of hydrogen-bond donors (Lipinski definition) is 1. The number of hydrogen-bond acceptors (Lipinski definition) is 2. The molecule has 0 radical (unpaired) electrons. The average molecular weight is 302 g/mol. The molecule has 1 unspecified atom stereocenters. The summed E-state index contributed by atoms with van der Waals surface area (Å²) in [4.78, 5) is 14.6. The average Bonchev–Trinajstić information content (AvgIpc) is 3.39. The van der Waals surface area contributed by atoms with Gasteiger partial charge in [-0.05, 0) is 30.5 Å². The summed E-state index contributed by atoms with van der Waals surface area (Å²) in [5.74, 6) is 6.91. The molecule has 2 aromatic rings. The minimum absolute atomic E-state index is 0.0345. The van der Waals surface area contributed by atoms with E-state index in [-0.39, 0.29) is 5.91 Å². The molecule has 0 spiro atoms. The Hall–Kier alpha value is -2.73. The standard InChI is InChI=1S/C20H18N2O/c23-20-19(13-12-15-10-11-15)22(14-16-6-2-1-3-7-16)18-9-5-4-8-17(18)21-20/h1-9,15,19H,10-11,14H2,(H,21,23). The van der Waals surface area contributed by atoms with Crippen LogP contribution < -0.4 is 10.2 Å². The predicted molar refractivity (Wildman–Crippen MR) is 92.0 cm³/mol. The number of nitrogens with zero attached hydrogens (tertiary/aromatic N) is 1. The zero-order valence-electron chi connectivity index (χ0n) is 12.8. The van der Waals surface area contributed by atoms with Crippen molar-refractivity contribution >= 4 is 17.3 Å². The summed E-state index contributed by atoms with van der Waals surface area (Å²) < 4.78 is 0. The highest BCUT2D eigenvalue weighted by atomic mass is 16.2. The molecule has 114 valence electrons. The Kier molecular flexibility index (Phi) is 3.51. The lowest BCUT2D eigenvalue weighted by molar-refractivity contribution is -0.116. The van der Waals surface area contributed by atoms with Crippen LogP contribution in [0.5, 0.6) is 0 Å². The second kappa shape index (κ2) is 5.81. The molecule has 1 amide bonds. The van der Waals surface area contributed by atoms with Gasteiger partial charge in [0.1, 0.15) is 0 Å². The largest absolute Gasteiger partial charge is 0.344 e. The van der Waals surface area contributed by atoms with E-state index in [2.05, 4.69) is 34.2 Å². The van der Waals surface area contributed by atoms with E-state index in [0.717, 1.165) is 24.2 Å². The van der Waals surface area contributed by atoms with Gasteiger partial charge in [-0.2, -0.15) is 0 Å². The summed E-state index contributed by atoms with van der Waals surface area (Å²) in [7, 11) is 0. The van der Waals surface area contributed by atoms with Crippen molar-refractivity contribution in [2.24, 2.45) is 5.92 Å². The van der Waals surface area contributed by atoms with Gasteiger partial charge in [0, 0.05) is 12.5 Å². The van der Waals surface area contributed by atoms with Gasteiger partial charge in [-0.15, -0.1) is 0 Å². The number of nitrogens with one attached hydrogen (secondary N) is 1. The summed E-state index contributed by atoms with van der Waals surface area (Å²) in [6.07, 6.45) is 2.33. The first-order valence-electron chi connectivity index (χ1n) is 8.03. The topological polar surface area (TPSA) is 32.3 Å². The van der Waals surface area contributed by atoms with Crippen LogP contribution in [0.25, 0.3) is 0 Å². The first-order valence-corrected chi connectivity index (χ1v) is 8.03. The Morgan fingerprint density at radius 2 is 1.74 bits per heavy atom. The SMILES string of the molecule is O=C1Nc2ccccc2N(Cc2ccccc2)C1C#CC1CC1. The Labute approximate surface area is 136 Å². The van der Waals surface area contributed by atoms with Crippen molar-refractivity contribution in [3.8, 4) is 11.8 Å². The summed E-state index contributed by atoms with van der Waals surface area (Å²) in [6.45, 7) is 0.676. The number of rotatable bonds is 2. The molecule has 3 heteroatoms. The summed E-state index contributed by atoms with van der Waals surface area (Å²) >= 11 is 0. The van der Waals surface area contributed by atoms with Crippen LogP contribution in [0, 0.1) is 17.8 Å². The van der Waals surface area contributed by atoms with Gasteiger partial charge in [0.2, 0.25) is 0 Å². The fraction of sp³-hybridized carbons (Fsp3) is 0.250. The monoisotopic (exact) mass is 302 g/mol. The van der Waals surface area contributed by atoms with Gasteiger partial charge in [-0.3, -0.25) is 4.79 Å².